The van der Waals surface area contributed by atoms with Gasteiger partial charge in [-0.1, -0.05) is 48.5 Å². The van der Waals surface area contributed by atoms with Gasteiger partial charge in [-0.15, -0.1) is 0 Å². The number of amides is 1. The van der Waals surface area contributed by atoms with Gasteiger partial charge < -0.3 is 15.2 Å². The van der Waals surface area contributed by atoms with Crippen LogP contribution in [-0.4, -0.2) is 30.3 Å². The average Bonchev–Trinajstić information content (AvgIpc) is 2.56. The van der Waals surface area contributed by atoms with Crippen LogP contribution in [0.2, 0.25) is 0 Å². The van der Waals surface area contributed by atoms with E-state index < -0.39 is 6.10 Å². The Morgan fingerprint density at radius 1 is 1.13 bits per heavy atom. The number of hydrogen-bond acceptors (Lipinski definition) is 3. The molecule has 23 heavy (non-hydrogen) atoms. The zero-order chi connectivity index (χ0) is 16.7. The Kier molecular flexibility index (Phi) is 6.18. The summed E-state index contributed by atoms with van der Waals surface area (Å²) in [5.41, 5.74) is 1.88. The van der Waals surface area contributed by atoms with E-state index >= 15 is 0 Å². The average molecular weight is 313 g/mol. The van der Waals surface area contributed by atoms with E-state index in [0.717, 1.165) is 11.1 Å². The molecule has 0 aliphatic rings. The molecule has 0 aliphatic heterocycles. The lowest BCUT2D eigenvalue weighted by Gasteiger charge is -2.20. The van der Waals surface area contributed by atoms with Gasteiger partial charge in [-0.25, -0.2) is 0 Å². The van der Waals surface area contributed by atoms with Gasteiger partial charge in [-0.05, 0) is 18.6 Å². The number of carbonyl (C=O) groups is 1. The Morgan fingerprint density at radius 3 is 2.48 bits per heavy atom. The first kappa shape index (κ1) is 17.0. The van der Waals surface area contributed by atoms with Crippen molar-refractivity contribution in [3.63, 3.8) is 0 Å². The van der Waals surface area contributed by atoms with Crippen LogP contribution in [0.4, 0.5) is 0 Å². The van der Waals surface area contributed by atoms with E-state index in [0.29, 0.717) is 12.2 Å². The molecule has 0 heterocycles. The lowest BCUT2D eigenvalue weighted by atomic mass is 10.0. The van der Waals surface area contributed by atoms with Crippen LogP contribution in [-0.2, 0) is 17.6 Å². The third-order valence-corrected chi connectivity index (χ3v) is 3.80. The minimum Gasteiger partial charge on any atom is -0.496 e. The zero-order valence-electron chi connectivity index (χ0n) is 13.5. The van der Waals surface area contributed by atoms with Crippen molar-refractivity contribution >= 4 is 5.91 Å². The fourth-order valence-corrected chi connectivity index (χ4v) is 2.46. The molecule has 0 saturated carbocycles. The van der Waals surface area contributed by atoms with Crippen molar-refractivity contribution in [3.05, 3.63) is 65.7 Å². The number of para-hydroxylation sites is 1. The highest BCUT2D eigenvalue weighted by molar-refractivity contribution is 5.79. The van der Waals surface area contributed by atoms with Crippen LogP contribution < -0.4 is 10.1 Å². The molecule has 0 bridgehead atoms. The minimum absolute atomic E-state index is 0.130. The number of methoxy groups -OCH3 is 1. The summed E-state index contributed by atoms with van der Waals surface area (Å²) in [6.45, 7) is 1.81. The molecule has 2 aromatic rings. The largest absolute Gasteiger partial charge is 0.496 e. The Labute approximate surface area is 137 Å². The summed E-state index contributed by atoms with van der Waals surface area (Å²) in [7, 11) is 1.59. The molecular formula is C19H23NO3. The third kappa shape index (κ3) is 5.11. The smallest absolute Gasteiger partial charge is 0.224 e. The fraction of sp³-hybridized carbons (Fsp3) is 0.316. The molecule has 0 saturated heterocycles. The van der Waals surface area contributed by atoms with Crippen molar-refractivity contribution < 1.29 is 14.6 Å². The lowest BCUT2D eigenvalue weighted by molar-refractivity contribution is -0.121. The Hall–Kier alpha value is -2.33. The van der Waals surface area contributed by atoms with Crippen LogP contribution in [0.15, 0.2) is 54.6 Å². The molecular weight excluding hydrogens is 290 g/mol. The van der Waals surface area contributed by atoms with Gasteiger partial charge in [-0.3, -0.25) is 4.79 Å². The normalized spacial score (nSPS) is 13.2. The molecule has 4 heteroatoms. The van der Waals surface area contributed by atoms with Gasteiger partial charge in [0.15, 0.2) is 0 Å². The van der Waals surface area contributed by atoms with Crippen LogP contribution in [0.3, 0.4) is 0 Å². The lowest BCUT2D eigenvalue weighted by Crippen LogP contribution is -2.42. The molecule has 2 atom stereocenters. The monoisotopic (exact) mass is 313 g/mol. The minimum atomic E-state index is -0.626. The summed E-state index contributed by atoms with van der Waals surface area (Å²) >= 11 is 0. The molecule has 0 radical (unpaired) electrons. The quantitative estimate of drug-likeness (QED) is 0.825. The van der Waals surface area contributed by atoms with Gasteiger partial charge in [0.1, 0.15) is 5.75 Å². The summed E-state index contributed by atoms with van der Waals surface area (Å²) in [6.07, 6.45) is 0.114. The van der Waals surface area contributed by atoms with Crippen molar-refractivity contribution in [2.24, 2.45) is 0 Å². The van der Waals surface area contributed by atoms with Crippen molar-refractivity contribution in [1.82, 2.24) is 5.32 Å². The maximum Gasteiger partial charge on any atom is 0.224 e. The molecule has 1 amide bonds. The maximum atomic E-state index is 12.2. The molecule has 2 aromatic carbocycles. The predicted octanol–water partition coefficient (Wildman–Crippen LogP) is 2.35. The van der Waals surface area contributed by atoms with Crippen molar-refractivity contribution in [1.29, 1.82) is 0 Å². The van der Waals surface area contributed by atoms with Gasteiger partial charge in [0, 0.05) is 12.0 Å². The zero-order valence-corrected chi connectivity index (χ0v) is 13.5. The molecule has 0 fully saturated rings. The second-order valence-corrected chi connectivity index (χ2v) is 5.60. The molecule has 0 spiro atoms. The molecule has 4 nitrogen and oxygen atoms in total. The van der Waals surface area contributed by atoms with Gasteiger partial charge in [0.25, 0.3) is 0 Å². The van der Waals surface area contributed by atoms with Crippen LogP contribution in [0.1, 0.15) is 18.1 Å². The van der Waals surface area contributed by atoms with Crippen LogP contribution in [0.5, 0.6) is 5.75 Å². The Balaban J connectivity index is 1.89. The summed E-state index contributed by atoms with van der Waals surface area (Å²) < 4.78 is 5.25. The number of carbonyl (C=O) groups excluding carboxylic acids is 1. The van der Waals surface area contributed by atoms with Crippen molar-refractivity contribution in [2.75, 3.05) is 7.11 Å². The van der Waals surface area contributed by atoms with E-state index in [-0.39, 0.29) is 18.4 Å². The topological polar surface area (TPSA) is 58.6 Å². The second kappa shape index (κ2) is 8.34. The highest BCUT2D eigenvalue weighted by Crippen LogP contribution is 2.17. The summed E-state index contributed by atoms with van der Waals surface area (Å²) in [4.78, 5) is 12.2. The molecule has 0 aromatic heterocycles. The number of nitrogens with one attached hydrogen (secondary N) is 1. The van der Waals surface area contributed by atoms with Gasteiger partial charge in [0.05, 0.1) is 25.7 Å². The number of aliphatic hydroxyl groups is 1. The highest BCUT2D eigenvalue weighted by Gasteiger charge is 2.18. The Morgan fingerprint density at radius 2 is 1.78 bits per heavy atom. The third-order valence-electron chi connectivity index (χ3n) is 3.80. The first-order valence-electron chi connectivity index (χ1n) is 7.73. The van der Waals surface area contributed by atoms with Gasteiger partial charge in [0.2, 0.25) is 5.91 Å². The van der Waals surface area contributed by atoms with E-state index in [1.807, 2.05) is 61.5 Å². The number of aliphatic hydroxyl groups excluding tert-OH is 1. The fourth-order valence-electron chi connectivity index (χ4n) is 2.46. The van der Waals surface area contributed by atoms with Gasteiger partial charge in [-0.2, -0.15) is 0 Å². The summed E-state index contributed by atoms with van der Waals surface area (Å²) in [5, 5.41) is 13.1. The van der Waals surface area contributed by atoms with Crippen LogP contribution in [0, 0.1) is 0 Å². The van der Waals surface area contributed by atoms with E-state index in [9.17, 15) is 9.90 Å². The summed E-state index contributed by atoms with van der Waals surface area (Å²) in [5.74, 6) is 0.564. The van der Waals surface area contributed by atoms with Crippen molar-refractivity contribution in [3.8, 4) is 5.75 Å². The maximum absolute atomic E-state index is 12.2. The van der Waals surface area contributed by atoms with E-state index in [1.54, 1.807) is 7.11 Å². The standard InChI is InChI=1S/C19H23NO3/c1-14(17(21)12-15-8-4-3-5-9-15)20-19(22)13-16-10-6-7-11-18(16)23-2/h3-11,14,17,21H,12-13H2,1-2H3,(H,20,22). The molecule has 2 N–H and O–H groups in total. The van der Waals surface area contributed by atoms with Crippen LogP contribution >= 0.6 is 0 Å². The Bertz CT molecular complexity index is 628. The first-order valence-corrected chi connectivity index (χ1v) is 7.73. The van der Waals surface area contributed by atoms with Gasteiger partial charge >= 0.3 is 0 Å². The number of hydrogen-bond donors (Lipinski definition) is 2. The predicted molar refractivity (Wildman–Crippen MR) is 90.5 cm³/mol. The van der Waals surface area contributed by atoms with Crippen molar-refractivity contribution in [2.45, 2.75) is 31.9 Å². The number of benzene rings is 2. The highest BCUT2D eigenvalue weighted by atomic mass is 16.5. The van der Waals surface area contributed by atoms with E-state index in [1.165, 1.54) is 0 Å². The van der Waals surface area contributed by atoms with E-state index in [2.05, 4.69) is 5.32 Å². The SMILES string of the molecule is COc1ccccc1CC(=O)NC(C)C(O)Cc1ccccc1. The second-order valence-electron chi connectivity index (χ2n) is 5.60. The molecule has 122 valence electrons. The first-order chi connectivity index (χ1) is 11.1. The van der Waals surface area contributed by atoms with Crippen LogP contribution in [0.25, 0.3) is 0 Å². The molecule has 2 unspecified atom stereocenters. The summed E-state index contributed by atoms with van der Waals surface area (Å²) in [6, 6.07) is 16.9. The number of ether oxygens (including phenoxy) is 1. The molecule has 0 aliphatic carbocycles. The van der Waals surface area contributed by atoms with E-state index in [4.69, 9.17) is 4.74 Å². The molecule has 2 rings (SSSR count). The number of rotatable bonds is 7.